The Balaban J connectivity index is 0.00000324. The van der Waals surface area contributed by atoms with Crippen molar-refractivity contribution in [1.82, 2.24) is 5.32 Å². The van der Waals surface area contributed by atoms with Crippen LogP contribution in [-0.4, -0.2) is 32.7 Å². The Bertz CT molecular complexity index is 433. The quantitative estimate of drug-likeness (QED) is 0.621. The van der Waals surface area contributed by atoms with Crippen LogP contribution >= 0.6 is 12.4 Å². The van der Waals surface area contributed by atoms with E-state index in [4.69, 9.17) is 4.74 Å². The number of methoxy groups -OCH3 is 1. The summed E-state index contributed by atoms with van der Waals surface area (Å²) in [5.41, 5.74) is -0.396. The number of carbonyl (C=O) groups is 1. The van der Waals surface area contributed by atoms with Crippen molar-refractivity contribution < 1.29 is 22.7 Å². The van der Waals surface area contributed by atoms with Crippen LogP contribution in [0.2, 0.25) is 0 Å². The Labute approximate surface area is 114 Å². The average Bonchev–Trinajstić information content (AvgIpc) is 2.32. The molecule has 0 spiro atoms. The third-order valence-corrected chi connectivity index (χ3v) is 2.05. The van der Waals surface area contributed by atoms with Crippen molar-refractivity contribution >= 4 is 24.0 Å². The Morgan fingerprint density at radius 2 is 1.84 bits per heavy atom. The molecule has 0 fully saturated rings. The number of ether oxygens (including phenoxy) is 1. The first-order valence-electron chi connectivity index (χ1n) is 5.18. The summed E-state index contributed by atoms with van der Waals surface area (Å²) in [6.45, 7) is 0.790. The van der Waals surface area contributed by atoms with Crippen LogP contribution in [0.25, 0.3) is 0 Å². The van der Waals surface area contributed by atoms with E-state index in [2.05, 4.69) is 10.6 Å². The molecule has 1 rings (SSSR count). The van der Waals surface area contributed by atoms with Crippen LogP contribution < -0.4 is 10.6 Å². The van der Waals surface area contributed by atoms with E-state index < -0.39 is 29.0 Å². The van der Waals surface area contributed by atoms with Crippen LogP contribution in [0.4, 0.5) is 18.9 Å². The second-order valence-corrected chi connectivity index (χ2v) is 3.46. The SMILES string of the molecule is COCCNCC(=O)Nc1cc(F)c(F)cc1F.Cl. The highest BCUT2D eigenvalue weighted by Crippen LogP contribution is 2.18. The molecular formula is C11H14ClF3N2O2. The third kappa shape index (κ3) is 5.91. The molecule has 0 heterocycles. The van der Waals surface area contributed by atoms with Gasteiger partial charge in [-0.15, -0.1) is 12.4 Å². The number of nitrogens with one attached hydrogen (secondary N) is 2. The normalized spacial score (nSPS) is 9.89. The Morgan fingerprint density at radius 3 is 2.47 bits per heavy atom. The van der Waals surface area contributed by atoms with Crippen molar-refractivity contribution in [3.8, 4) is 0 Å². The molecular weight excluding hydrogens is 285 g/mol. The highest BCUT2D eigenvalue weighted by atomic mass is 35.5. The van der Waals surface area contributed by atoms with Gasteiger partial charge >= 0.3 is 0 Å². The van der Waals surface area contributed by atoms with Gasteiger partial charge < -0.3 is 15.4 Å². The van der Waals surface area contributed by atoms with Gasteiger partial charge in [0.25, 0.3) is 0 Å². The zero-order valence-corrected chi connectivity index (χ0v) is 11.0. The molecule has 0 aliphatic heterocycles. The Hall–Kier alpha value is -1.31. The molecule has 2 N–H and O–H groups in total. The fraction of sp³-hybridized carbons (Fsp3) is 0.364. The van der Waals surface area contributed by atoms with Gasteiger partial charge in [-0.1, -0.05) is 0 Å². The molecule has 0 saturated carbocycles. The minimum Gasteiger partial charge on any atom is -0.383 e. The maximum absolute atomic E-state index is 13.2. The Kier molecular flexibility index (Phi) is 8.13. The lowest BCUT2D eigenvalue weighted by molar-refractivity contribution is -0.115. The maximum Gasteiger partial charge on any atom is 0.238 e. The summed E-state index contributed by atoms with van der Waals surface area (Å²) in [5.74, 6) is -4.11. The number of carbonyl (C=O) groups excluding carboxylic acids is 1. The molecule has 1 amide bonds. The first kappa shape index (κ1) is 17.7. The smallest absolute Gasteiger partial charge is 0.238 e. The van der Waals surface area contributed by atoms with Crippen molar-refractivity contribution in [1.29, 1.82) is 0 Å². The second kappa shape index (κ2) is 8.73. The number of benzene rings is 1. The zero-order chi connectivity index (χ0) is 13.5. The molecule has 0 unspecified atom stereocenters. The summed E-state index contributed by atoms with van der Waals surface area (Å²) in [5, 5.41) is 4.86. The lowest BCUT2D eigenvalue weighted by Gasteiger charge is -2.07. The lowest BCUT2D eigenvalue weighted by Crippen LogP contribution is -2.30. The summed E-state index contributed by atoms with van der Waals surface area (Å²) in [7, 11) is 1.51. The summed E-state index contributed by atoms with van der Waals surface area (Å²) in [4.78, 5) is 11.3. The summed E-state index contributed by atoms with van der Waals surface area (Å²) < 4.78 is 43.4. The fourth-order valence-electron chi connectivity index (χ4n) is 1.19. The van der Waals surface area contributed by atoms with E-state index in [9.17, 15) is 18.0 Å². The van der Waals surface area contributed by atoms with Crippen molar-refractivity contribution in [3.63, 3.8) is 0 Å². The van der Waals surface area contributed by atoms with Gasteiger partial charge in [-0.25, -0.2) is 13.2 Å². The molecule has 0 aliphatic rings. The van der Waals surface area contributed by atoms with Crippen LogP contribution in [0.3, 0.4) is 0 Å². The molecule has 0 bridgehead atoms. The molecule has 108 valence electrons. The summed E-state index contributed by atoms with van der Waals surface area (Å²) in [6, 6.07) is 0.973. The predicted octanol–water partition coefficient (Wildman–Crippen LogP) is 1.70. The number of anilines is 1. The van der Waals surface area contributed by atoms with Crippen LogP contribution in [0.1, 0.15) is 0 Å². The minimum absolute atomic E-state index is 0. The van der Waals surface area contributed by atoms with Gasteiger partial charge in [0.05, 0.1) is 18.8 Å². The first-order chi connectivity index (χ1) is 8.54. The number of hydrogen-bond acceptors (Lipinski definition) is 3. The largest absolute Gasteiger partial charge is 0.383 e. The van der Waals surface area contributed by atoms with Crippen LogP contribution in [0, 0.1) is 17.5 Å². The standard InChI is InChI=1S/C11H13F3N2O2.ClH/c1-18-3-2-15-6-11(17)16-10-5-8(13)7(12)4-9(10)14;/h4-5,15H,2-3,6H2,1H3,(H,16,17);1H. The molecule has 8 heteroatoms. The third-order valence-electron chi connectivity index (χ3n) is 2.05. The molecule has 1 aromatic rings. The second-order valence-electron chi connectivity index (χ2n) is 3.46. The van der Waals surface area contributed by atoms with E-state index in [1.54, 1.807) is 0 Å². The van der Waals surface area contributed by atoms with E-state index in [0.717, 1.165) is 0 Å². The Morgan fingerprint density at radius 1 is 1.21 bits per heavy atom. The van der Waals surface area contributed by atoms with E-state index in [1.807, 2.05) is 0 Å². The highest BCUT2D eigenvalue weighted by Gasteiger charge is 2.11. The van der Waals surface area contributed by atoms with Gasteiger partial charge in [0.15, 0.2) is 11.6 Å². The van der Waals surface area contributed by atoms with Gasteiger partial charge in [0.1, 0.15) is 5.82 Å². The number of amides is 1. The number of halogens is 4. The highest BCUT2D eigenvalue weighted by molar-refractivity contribution is 5.92. The van der Waals surface area contributed by atoms with Crippen LogP contribution in [0.5, 0.6) is 0 Å². The van der Waals surface area contributed by atoms with Gasteiger partial charge in [-0.05, 0) is 0 Å². The van der Waals surface area contributed by atoms with Crippen LogP contribution in [-0.2, 0) is 9.53 Å². The average molecular weight is 299 g/mol. The van der Waals surface area contributed by atoms with Crippen molar-refractivity contribution in [3.05, 3.63) is 29.6 Å². The van der Waals surface area contributed by atoms with Crippen molar-refractivity contribution in [2.45, 2.75) is 0 Å². The molecule has 19 heavy (non-hydrogen) atoms. The van der Waals surface area contributed by atoms with E-state index in [1.165, 1.54) is 7.11 Å². The summed E-state index contributed by atoms with van der Waals surface area (Å²) >= 11 is 0. The molecule has 0 saturated heterocycles. The number of hydrogen-bond donors (Lipinski definition) is 2. The monoisotopic (exact) mass is 298 g/mol. The molecule has 0 aliphatic carbocycles. The predicted molar refractivity (Wildman–Crippen MR) is 66.9 cm³/mol. The van der Waals surface area contributed by atoms with Gasteiger partial charge in [-0.2, -0.15) is 0 Å². The molecule has 0 aromatic heterocycles. The molecule has 0 radical (unpaired) electrons. The van der Waals surface area contributed by atoms with Gasteiger partial charge in [-0.3, -0.25) is 4.79 Å². The molecule has 4 nitrogen and oxygen atoms in total. The fourth-order valence-corrected chi connectivity index (χ4v) is 1.19. The van der Waals surface area contributed by atoms with Gasteiger partial charge in [0.2, 0.25) is 5.91 Å². The lowest BCUT2D eigenvalue weighted by atomic mass is 10.3. The maximum atomic E-state index is 13.2. The zero-order valence-electron chi connectivity index (χ0n) is 10.1. The van der Waals surface area contributed by atoms with Gasteiger partial charge in [0, 0.05) is 25.8 Å². The molecule has 1 aromatic carbocycles. The van der Waals surface area contributed by atoms with E-state index in [0.29, 0.717) is 25.3 Å². The summed E-state index contributed by atoms with van der Waals surface area (Å²) in [6.07, 6.45) is 0. The van der Waals surface area contributed by atoms with E-state index >= 15 is 0 Å². The topological polar surface area (TPSA) is 50.4 Å². The van der Waals surface area contributed by atoms with Crippen molar-refractivity contribution in [2.75, 3.05) is 32.1 Å². The minimum atomic E-state index is -1.30. The van der Waals surface area contributed by atoms with Crippen molar-refractivity contribution in [2.24, 2.45) is 0 Å². The van der Waals surface area contributed by atoms with Crippen LogP contribution in [0.15, 0.2) is 12.1 Å². The molecule has 0 atom stereocenters. The first-order valence-corrected chi connectivity index (χ1v) is 5.18. The number of rotatable bonds is 6. The van der Waals surface area contributed by atoms with E-state index in [-0.39, 0.29) is 19.0 Å².